The molecule has 4 rings (SSSR count). The second-order valence-electron chi connectivity index (χ2n) is 6.73. The summed E-state index contributed by atoms with van der Waals surface area (Å²) in [7, 11) is 0. The fourth-order valence-electron chi connectivity index (χ4n) is 3.25. The number of morpholine rings is 1. The minimum Gasteiger partial charge on any atom is -0.377 e. The molecule has 152 valence electrons. The molecule has 1 atom stereocenters. The number of aromatic nitrogens is 4. The van der Waals surface area contributed by atoms with Gasteiger partial charge in [0.1, 0.15) is 11.5 Å². The molecule has 0 saturated carbocycles. The molecule has 1 aliphatic rings. The largest absolute Gasteiger partial charge is 0.433 e. The van der Waals surface area contributed by atoms with E-state index >= 15 is 0 Å². The van der Waals surface area contributed by atoms with Crippen molar-refractivity contribution in [1.29, 1.82) is 0 Å². The van der Waals surface area contributed by atoms with Gasteiger partial charge in [0, 0.05) is 31.0 Å². The van der Waals surface area contributed by atoms with Crippen molar-refractivity contribution in [3.8, 4) is 0 Å². The highest BCUT2D eigenvalue weighted by Gasteiger charge is 2.35. The molecule has 0 amide bonds. The fraction of sp³-hybridized carbons (Fsp3) is 0.368. The van der Waals surface area contributed by atoms with Crippen molar-refractivity contribution in [2.75, 3.05) is 30.0 Å². The van der Waals surface area contributed by atoms with Crippen LogP contribution in [0.3, 0.4) is 0 Å². The van der Waals surface area contributed by atoms with E-state index in [2.05, 4.69) is 25.3 Å². The van der Waals surface area contributed by atoms with Gasteiger partial charge in [-0.3, -0.25) is 4.98 Å². The van der Waals surface area contributed by atoms with E-state index in [1.54, 1.807) is 18.3 Å². The Bertz CT molecular complexity index is 1010. The van der Waals surface area contributed by atoms with Crippen molar-refractivity contribution >= 4 is 22.8 Å². The number of pyridine rings is 2. The number of rotatable bonds is 4. The Morgan fingerprint density at radius 1 is 1.17 bits per heavy atom. The Kier molecular flexibility index (Phi) is 5.18. The molecule has 3 aromatic heterocycles. The lowest BCUT2D eigenvalue weighted by Crippen LogP contribution is -2.44. The fourth-order valence-corrected chi connectivity index (χ4v) is 3.25. The average molecular weight is 404 g/mol. The van der Waals surface area contributed by atoms with E-state index in [9.17, 15) is 13.2 Å². The van der Waals surface area contributed by atoms with Crippen LogP contribution in [-0.4, -0.2) is 45.7 Å². The minimum atomic E-state index is -4.53. The standard InChI is InChI=1S/C19H19F3N6O/c1-12-11-29-9-8-28(12)18-26-16-14(5-3-7-24-16)17(27-18)25-10-13-4-2-6-23-15(13)19(20,21)22/h2-7,12H,8-11H2,1H3,(H,24,25,26,27). The molecular weight excluding hydrogens is 385 g/mol. The van der Waals surface area contributed by atoms with Crippen LogP contribution in [0, 0.1) is 0 Å². The SMILES string of the molecule is CC1COCCN1c1nc(NCc2cccnc2C(F)(F)F)c2cccnc2n1. The molecular formula is C19H19F3N6O. The molecule has 1 aliphatic heterocycles. The molecule has 0 aliphatic carbocycles. The Morgan fingerprint density at radius 2 is 1.97 bits per heavy atom. The average Bonchev–Trinajstić information content (AvgIpc) is 2.71. The van der Waals surface area contributed by atoms with Crippen LogP contribution in [-0.2, 0) is 17.5 Å². The van der Waals surface area contributed by atoms with Gasteiger partial charge in [0.2, 0.25) is 5.95 Å². The molecule has 29 heavy (non-hydrogen) atoms. The summed E-state index contributed by atoms with van der Waals surface area (Å²) in [6.07, 6.45) is -1.77. The molecule has 1 saturated heterocycles. The first kappa shape index (κ1) is 19.3. The molecule has 1 fully saturated rings. The van der Waals surface area contributed by atoms with Gasteiger partial charge >= 0.3 is 6.18 Å². The summed E-state index contributed by atoms with van der Waals surface area (Å²) in [4.78, 5) is 18.9. The molecule has 0 bridgehead atoms. The topological polar surface area (TPSA) is 76.1 Å². The van der Waals surface area contributed by atoms with Crippen LogP contribution in [0.4, 0.5) is 24.9 Å². The summed E-state index contributed by atoms with van der Waals surface area (Å²) >= 11 is 0. The Balaban J connectivity index is 1.69. The lowest BCUT2D eigenvalue weighted by atomic mass is 10.2. The molecule has 0 radical (unpaired) electrons. The van der Waals surface area contributed by atoms with E-state index in [0.29, 0.717) is 42.6 Å². The van der Waals surface area contributed by atoms with Gasteiger partial charge in [-0.1, -0.05) is 6.07 Å². The van der Waals surface area contributed by atoms with Crippen molar-refractivity contribution in [3.63, 3.8) is 0 Å². The number of hydrogen-bond acceptors (Lipinski definition) is 7. The van der Waals surface area contributed by atoms with Crippen LogP contribution in [0.2, 0.25) is 0 Å². The number of anilines is 2. The zero-order valence-corrected chi connectivity index (χ0v) is 15.6. The Labute approximate surface area is 165 Å². The van der Waals surface area contributed by atoms with Crippen molar-refractivity contribution in [3.05, 3.63) is 47.9 Å². The van der Waals surface area contributed by atoms with Gasteiger partial charge < -0.3 is 15.0 Å². The summed E-state index contributed by atoms with van der Waals surface area (Å²) in [5, 5.41) is 3.66. The molecule has 4 heterocycles. The predicted molar refractivity (Wildman–Crippen MR) is 102 cm³/mol. The second kappa shape index (κ2) is 7.78. The van der Waals surface area contributed by atoms with Crippen LogP contribution in [0.1, 0.15) is 18.2 Å². The smallest absolute Gasteiger partial charge is 0.377 e. The van der Waals surface area contributed by atoms with Crippen molar-refractivity contribution in [2.24, 2.45) is 0 Å². The van der Waals surface area contributed by atoms with Crippen LogP contribution >= 0.6 is 0 Å². The summed E-state index contributed by atoms with van der Waals surface area (Å²) in [6.45, 7) is 3.66. The quantitative estimate of drug-likeness (QED) is 0.715. The van der Waals surface area contributed by atoms with Gasteiger partial charge in [-0.25, -0.2) is 4.98 Å². The summed E-state index contributed by atoms with van der Waals surface area (Å²) in [6, 6.07) is 6.47. The summed E-state index contributed by atoms with van der Waals surface area (Å²) in [5.74, 6) is 0.894. The van der Waals surface area contributed by atoms with Crippen molar-refractivity contribution < 1.29 is 17.9 Å². The van der Waals surface area contributed by atoms with Gasteiger partial charge in [-0.05, 0) is 25.1 Å². The predicted octanol–water partition coefficient (Wildman–Crippen LogP) is 3.28. The number of fused-ring (bicyclic) bond motifs is 1. The van der Waals surface area contributed by atoms with Crippen LogP contribution in [0.15, 0.2) is 36.7 Å². The van der Waals surface area contributed by atoms with Crippen LogP contribution < -0.4 is 10.2 Å². The van der Waals surface area contributed by atoms with Gasteiger partial charge in [0.25, 0.3) is 0 Å². The maximum Gasteiger partial charge on any atom is 0.433 e. The van der Waals surface area contributed by atoms with Gasteiger partial charge in [-0.2, -0.15) is 23.1 Å². The third kappa shape index (κ3) is 4.07. The third-order valence-electron chi connectivity index (χ3n) is 4.69. The third-order valence-corrected chi connectivity index (χ3v) is 4.69. The number of nitrogens with zero attached hydrogens (tertiary/aromatic N) is 5. The van der Waals surface area contributed by atoms with E-state index in [1.165, 1.54) is 12.1 Å². The van der Waals surface area contributed by atoms with Crippen LogP contribution in [0.5, 0.6) is 0 Å². The summed E-state index contributed by atoms with van der Waals surface area (Å²) < 4.78 is 45.2. The van der Waals surface area contributed by atoms with Gasteiger partial charge in [0.05, 0.1) is 24.6 Å². The first-order chi connectivity index (χ1) is 13.9. The Hall–Kier alpha value is -3.01. The molecule has 1 unspecified atom stereocenters. The molecule has 10 heteroatoms. The molecule has 1 N–H and O–H groups in total. The normalized spacial score (nSPS) is 17.5. The second-order valence-corrected chi connectivity index (χ2v) is 6.73. The van der Waals surface area contributed by atoms with Crippen LogP contribution in [0.25, 0.3) is 11.0 Å². The first-order valence-electron chi connectivity index (χ1n) is 9.15. The zero-order chi connectivity index (χ0) is 20.4. The van der Waals surface area contributed by atoms with Crippen molar-refractivity contribution in [1.82, 2.24) is 19.9 Å². The highest BCUT2D eigenvalue weighted by molar-refractivity contribution is 5.87. The zero-order valence-electron chi connectivity index (χ0n) is 15.6. The van der Waals surface area contributed by atoms with E-state index < -0.39 is 11.9 Å². The molecule has 7 nitrogen and oxygen atoms in total. The number of ether oxygens (including phenoxy) is 1. The van der Waals surface area contributed by atoms with Gasteiger partial charge in [0.15, 0.2) is 5.65 Å². The van der Waals surface area contributed by atoms with Crippen molar-refractivity contribution in [2.45, 2.75) is 25.7 Å². The summed E-state index contributed by atoms with van der Waals surface area (Å²) in [5.41, 5.74) is -0.399. The maximum atomic E-state index is 13.2. The molecule has 0 aromatic carbocycles. The molecule has 3 aromatic rings. The maximum absolute atomic E-state index is 13.2. The Morgan fingerprint density at radius 3 is 2.76 bits per heavy atom. The first-order valence-corrected chi connectivity index (χ1v) is 9.15. The van der Waals surface area contributed by atoms with E-state index in [1.807, 2.05) is 11.8 Å². The lowest BCUT2D eigenvalue weighted by Gasteiger charge is -2.33. The minimum absolute atomic E-state index is 0.0388. The van der Waals surface area contributed by atoms with E-state index in [-0.39, 0.29) is 18.2 Å². The van der Waals surface area contributed by atoms with E-state index in [4.69, 9.17) is 4.74 Å². The van der Waals surface area contributed by atoms with E-state index in [0.717, 1.165) is 6.20 Å². The highest BCUT2D eigenvalue weighted by Crippen LogP contribution is 2.31. The highest BCUT2D eigenvalue weighted by atomic mass is 19.4. The monoisotopic (exact) mass is 404 g/mol. The number of halogens is 3. The number of hydrogen-bond donors (Lipinski definition) is 1. The number of nitrogens with one attached hydrogen (secondary N) is 1. The molecule has 0 spiro atoms. The van der Waals surface area contributed by atoms with Gasteiger partial charge in [-0.15, -0.1) is 0 Å². The lowest BCUT2D eigenvalue weighted by molar-refractivity contribution is -0.141. The number of alkyl halides is 3.